The van der Waals surface area contributed by atoms with Crippen molar-refractivity contribution in [2.45, 2.75) is 13.5 Å². The molecule has 0 aliphatic carbocycles. The lowest BCUT2D eigenvalue weighted by molar-refractivity contribution is 0.0697. The molecule has 0 unspecified atom stereocenters. The molecule has 5 nitrogen and oxygen atoms in total. The second-order valence-corrected chi connectivity index (χ2v) is 3.67. The van der Waals surface area contributed by atoms with E-state index in [9.17, 15) is 4.79 Å². The van der Waals surface area contributed by atoms with E-state index in [4.69, 9.17) is 10.8 Å². The lowest BCUT2D eigenvalue weighted by Crippen LogP contribution is -1.96. The van der Waals surface area contributed by atoms with Gasteiger partial charge in [0.05, 0.1) is 0 Å². The highest BCUT2D eigenvalue weighted by Crippen LogP contribution is 2.23. The van der Waals surface area contributed by atoms with Crippen molar-refractivity contribution in [3.63, 3.8) is 0 Å². The van der Waals surface area contributed by atoms with Gasteiger partial charge < -0.3 is 10.8 Å². The van der Waals surface area contributed by atoms with E-state index in [-0.39, 0.29) is 5.56 Å². The Balaban J connectivity index is 2.53. The first-order valence-corrected chi connectivity index (χ1v) is 5.28. The Bertz CT molecular complexity index is 543. The van der Waals surface area contributed by atoms with Gasteiger partial charge in [0, 0.05) is 24.0 Å². The fourth-order valence-electron chi connectivity index (χ4n) is 1.59. The summed E-state index contributed by atoms with van der Waals surface area (Å²) >= 11 is 0. The van der Waals surface area contributed by atoms with E-state index in [1.807, 2.05) is 6.92 Å². The van der Waals surface area contributed by atoms with Gasteiger partial charge in [-0.1, -0.05) is 12.1 Å². The van der Waals surface area contributed by atoms with E-state index in [0.717, 1.165) is 5.56 Å². The minimum absolute atomic E-state index is 0.205. The molecule has 0 saturated heterocycles. The summed E-state index contributed by atoms with van der Waals surface area (Å²) in [5.41, 5.74) is 7.66. The standard InChI is InChI=1S/C12H13N3O2/c1-2-15-7-10(12(16)17)11(14-15)8-3-5-9(13)6-4-8/h3-7H,2,13H2,1H3,(H,16,17). The molecule has 0 bridgehead atoms. The number of carboxylic acid groups (broad SMARTS) is 1. The van der Waals surface area contributed by atoms with Gasteiger partial charge in [-0.15, -0.1) is 0 Å². The molecule has 0 atom stereocenters. The van der Waals surface area contributed by atoms with Crippen LogP contribution in [0, 0.1) is 0 Å². The molecule has 0 aliphatic rings. The molecule has 1 heterocycles. The van der Waals surface area contributed by atoms with Crippen LogP contribution in [0.25, 0.3) is 11.3 Å². The van der Waals surface area contributed by atoms with Crippen LogP contribution in [0.5, 0.6) is 0 Å². The van der Waals surface area contributed by atoms with Crippen LogP contribution in [0.4, 0.5) is 5.69 Å². The van der Waals surface area contributed by atoms with E-state index in [0.29, 0.717) is 17.9 Å². The molecule has 2 rings (SSSR count). The molecule has 0 saturated carbocycles. The topological polar surface area (TPSA) is 81.1 Å². The average molecular weight is 231 g/mol. The van der Waals surface area contributed by atoms with Crippen molar-refractivity contribution in [3.8, 4) is 11.3 Å². The Kier molecular flexibility index (Phi) is 2.82. The van der Waals surface area contributed by atoms with Crippen LogP contribution in [0.15, 0.2) is 30.5 Å². The lowest BCUT2D eigenvalue weighted by Gasteiger charge is -1.99. The summed E-state index contributed by atoms with van der Waals surface area (Å²) in [5, 5.41) is 13.4. The minimum Gasteiger partial charge on any atom is -0.478 e. The summed E-state index contributed by atoms with van der Waals surface area (Å²) < 4.78 is 1.61. The minimum atomic E-state index is -0.975. The van der Waals surface area contributed by atoms with Crippen molar-refractivity contribution in [1.82, 2.24) is 9.78 Å². The molecule has 5 heteroatoms. The first-order valence-electron chi connectivity index (χ1n) is 5.28. The van der Waals surface area contributed by atoms with Gasteiger partial charge >= 0.3 is 5.97 Å². The van der Waals surface area contributed by atoms with E-state index in [2.05, 4.69) is 5.10 Å². The van der Waals surface area contributed by atoms with Crippen LogP contribution in [0.2, 0.25) is 0 Å². The van der Waals surface area contributed by atoms with Crippen LogP contribution < -0.4 is 5.73 Å². The number of carboxylic acids is 1. The van der Waals surface area contributed by atoms with E-state index in [1.165, 1.54) is 6.20 Å². The third-order valence-electron chi connectivity index (χ3n) is 2.50. The predicted molar refractivity (Wildman–Crippen MR) is 64.7 cm³/mol. The van der Waals surface area contributed by atoms with Gasteiger partial charge in [-0.2, -0.15) is 5.10 Å². The molecule has 3 N–H and O–H groups in total. The highest BCUT2D eigenvalue weighted by atomic mass is 16.4. The van der Waals surface area contributed by atoms with Crippen LogP contribution in [0.3, 0.4) is 0 Å². The van der Waals surface area contributed by atoms with Gasteiger partial charge in [-0.05, 0) is 19.1 Å². The quantitative estimate of drug-likeness (QED) is 0.790. The Morgan fingerprint density at radius 3 is 2.59 bits per heavy atom. The molecular weight excluding hydrogens is 218 g/mol. The van der Waals surface area contributed by atoms with Crippen molar-refractivity contribution in [2.24, 2.45) is 0 Å². The maximum Gasteiger partial charge on any atom is 0.339 e. The average Bonchev–Trinajstić information content (AvgIpc) is 2.74. The zero-order valence-corrected chi connectivity index (χ0v) is 9.42. The summed E-state index contributed by atoms with van der Waals surface area (Å²) in [7, 11) is 0. The molecule has 0 spiro atoms. The molecule has 1 aromatic heterocycles. The van der Waals surface area contributed by atoms with Crippen molar-refractivity contribution >= 4 is 11.7 Å². The maximum absolute atomic E-state index is 11.1. The zero-order valence-electron chi connectivity index (χ0n) is 9.42. The summed E-state index contributed by atoms with van der Waals surface area (Å²) in [5.74, 6) is -0.975. The highest BCUT2D eigenvalue weighted by molar-refractivity contribution is 5.94. The second-order valence-electron chi connectivity index (χ2n) is 3.67. The number of nitrogen functional groups attached to an aromatic ring is 1. The molecule has 0 fully saturated rings. The summed E-state index contributed by atoms with van der Waals surface area (Å²) in [6.45, 7) is 2.54. The predicted octanol–water partition coefficient (Wildman–Crippen LogP) is 1.85. The van der Waals surface area contributed by atoms with Gasteiger partial charge in [0.1, 0.15) is 11.3 Å². The molecular formula is C12H13N3O2. The Morgan fingerprint density at radius 2 is 2.06 bits per heavy atom. The normalized spacial score (nSPS) is 10.4. The summed E-state index contributed by atoms with van der Waals surface area (Å²) in [4.78, 5) is 11.1. The third-order valence-corrected chi connectivity index (χ3v) is 2.50. The van der Waals surface area contributed by atoms with Crippen molar-refractivity contribution < 1.29 is 9.90 Å². The van der Waals surface area contributed by atoms with Gasteiger partial charge in [0.25, 0.3) is 0 Å². The fourth-order valence-corrected chi connectivity index (χ4v) is 1.59. The van der Waals surface area contributed by atoms with E-state index in [1.54, 1.807) is 28.9 Å². The van der Waals surface area contributed by atoms with Crippen LogP contribution in [-0.4, -0.2) is 20.9 Å². The number of nitrogens with zero attached hydrogens (tertiary/aromatic N) is 2. The largest absolute Gasteiger partial charge is 0.478 e. The number of aromatic carboxylic acids is 1. The number of rotatable bonds is 3. The number of carbonyl (C=O) groups is 1. The van der Waals surface area contributed by atoms with Gasteiger partial charge in [0.15, 0.2) is 0 Å². The monoisotopic (exact) mass is 231 g/mol. The number of hydrogen-bond acceptors (Lipinski definition) is 3. The van der Waals surface area contributed by atoms with Crippen molar-refractivity contribution in [3.05, 3.63) is 36.0 Å². The van der Waals surface area contributed by atoms with Crippen LogP contribution >= 0.6 is 0 Å². The number of nitrogens with two attached hydrogens (primary N) is 1. The number of aryl methyl sites for hydroxylation is 1. The summed E-state index contributed by atoms with van der Waals surface area (Å²) in [6, 6.07) is 6.99. The molecule has 1 aromatic carbocycles. The van der Waals surface area contributed by atoms with Gasteiger partial charge in [-0.3, -0.25) is 4.68 Å². The SMILES string of the molecule is CCn1cc(C(=O)O)c(-c2ccc(N)cc2)n1. The maximum atomic E-state index is 11.1. The first-order chi connectivity index (χ1) is 8.11. The van der Waals surface area contributed by atoms with Crippen LogP contribution in [-0.2, 0) is 6.54 Å². The number of benzene rings is 1. The van der Waals surface area contributed by atoms with Gasteiger partial charge in [-0.25, -0.2) is 4.79 Å². The Labute approximate surface area is 98.5 Å². The molecule has 17 heavy (non-hydrogen) atoms. The second kappa shape index (κ2) is 4.29. The number of aromatic nitrogens is 2. The smallest absolute Gasteiger partial charge is 0.339 e. The highest BCUT2D eigenvalue weighted by Gasteiger charge is 2.16. The number of hydrogen-bond donors (Lipinski definition) is 2. The van der Waals surface area contributed by atoms with Crippen molar-refractivity contribution in [1.29, 1.82) is 0 Å². The fraction of sp³-hybridized carbons (Fsp3) is 0.167. The van der Waals surface area contributed by atoms with E-state index < -0.39 is 5.97 Å². The van der Waals surface area contributed by atoms with Gasteiger partial charge in [0.2, 0.25) is 0 Å². The molecule has 0 amide bonds. The first kappa shape index (κ1) is 11.2. The molecule has 88 valence electrons. The third kappa shape index (κ3) is 2.13. The zero-order chi connectivity index (χ0) is 12.4. The molecule has 0 radical (unpaired) electrons. The van der Waals surface area contributed by atoms with Crippen LogP contribution in [0.1, 0.15) is 17.3 Å². The lowest BCUT2D eigenvalue weighted by atomic mass is 10.1. The van der Waals surface area contributed by atoms with Crippen molar-refractivity contribution in [2.75, 3.05) is 5.73 Å². The molecule has 2 aromatic rings. The molecule has 0 aliphatic heterocycles. The van der Waals surface area contributed by atoms with E-state index >= 15 is 0 Å². The summed E-state index contributed by atoms with van der Waals surface area (Å²) in [6.07, 6.45) is 1.54. The number of anilines is 1. The Hall–Kier alpha value is -2.30. The Morgan fingerprint density at radius 1 is 1.41 bits per heavy atom.